The van der Waals surface area contributed by atoms with E-state index in [1.807, 2.05) is 69.3 Å². The van der Waals surface area contributed by atoms with Crippen LogP contribution in [0.3, 0.4) is 0 Å². The summed E-state index contributed by atoms with van der Waals surface area (Å²) in [6.07, 6.45) is 1.76. The maximum Gasteiger partial charge on any atom is 0.241 e. The number of nitrogens with zero attached hydrogens (tertiary/aromatic N) is 1. The van der Waals surface area contributed by atoms with Gasteiger partial charge in [-0.15, -0.1) is 0 Å². The quantitative estimate of drug-likeness (QED) is 0.826. The zero-order valence-corrected chi connectivity index (χ0v) is 16.9. The van der Waals surface area contributed by atoms with Crippen LogP contribution >= 0.6 is 0 Å². The summed E-state index contributed by atoms with van der Waals surface area (Å²) < 4.78 is 0. The van der Waals surface area contributed by atoms with Crippen molar-refractivity contribution in [1.82, 2.24) is 4.90 Å². The molecule has 2 aromatic carbocycles. The standard InChI is InChI=1S/C23H29N3O2/c1-16-11-12-17(2)21(14-16)25-22(27)18(3)26-13-7-8-19(15-26)23(28)24-20-9-5-4-6-10-20/h4-6,9-12,14,18-19H,7-8,13,15H2,1-3H3,(H,24,28)(H,25,27)/t18-,19-/m0/s1. The molecule has 1 heterocycles. The van der Waals surface area contributed by atoms with Crippen molar-refractivity contribution < 1.29 is 9.59 Å². The molecule has 5 heteroatoms. The Bertz CT molecular complexity index is 835. The Morgan fingerprint density at radius 1 is 1.07 bits per heavy atom. The summed E-state index contributed by atoms with van der Waals surface area (Å²) in [5.41, 5.74) is 3.83. The van der Waals surface area contributed by atoms with E-state index in [1.54, 1.807) is 0 Å². The fourth-order valence-corrected chi connectivity index (χ4v) is 3.61. The number of benzene rings is 2. The second kappa shape index (κ2) is 9.02. The first-order chi connectivity index (χ1) is 13.4. The van der Waals surface area contributed by atoms with E-state index in [-0.39, 0.29) is 23.8 Å². The molecule has 1 saturated heterocycles. The first kappa shape index (κ1) is 20.1. The molecule has 3 rings (SSSR count). The van der Waals surface area contributed by atoms with E-state index in [2.05, 4.69) is 15.5 Å². The number of aryl methyl sites for hydroxylation is 2. The molecular weight excluding hydrogens is 350 g/mol. The molecular formula is C23H29N3O2. The average molecular weight is 380 g/mol. The van der Waals surface area contributed by atoms with Crippen LogP contribution in [0.2, 0.25) is 0 Å². The van der Waals surface area contributed by atoms with Crippen molar-refractivity contribution in [2.45, 2.75) is 39.7 Å². The molecule has 28 heavy (non-hydrogen) atoms. The molecule has 0 aromatic heterocycles. The lowest BCUT2D eigenvalue weighted by Crippen LogP contribution is -2.49. The van der Waals surface area contributed by atoms with Gasteiger partial charge in [-0.2, -0.15) is 0 Å². The van der Waals surface area contributed by atoms with Crippen LogP contribution < -0.4 is 10.6 Å². The number of piperidine rings is 1. The predicted molar refractivity (Wildman–Crippen MR) is 113 cm³/mol. The van der Waals surface area contributed by atoms with Crippen LogP contribution in [-0.4, -0.2) is 35.8 Å². The molecule has 1 aliphatic heterocycles. The number of amides is 2. The lowest BCUT2D eigenvalue weighted by atomic mass is 9.95. The fourth-order valence-electron chi connectivity index (χ4n) is 3.61. The Kier molecular flexibility index (Phi) is 6.47. The van der Waals surface area contributed by atoms with Crippen LogP contribution in [0.1, 0.15) is 30.9 Å². The van der Waals surface area contributed by atoms with Crippen molar-refractivity contribution in [3.05, 3.63) is 59.7 Å². The summed E-state index contributed by atoms with van der Waals surface area (Å²) in [6, 6.07) is 15.3. The normalized spacial score (nSPS) is 18.3. The molecule has 0 spiro atoms. The van der Waals surface area contributed by atoms with Crippen LogP contribution in [0.25, 0.3) is 0 Å². The lowest BCUT2D eigenvalue weighted by Gasteiger charge is -2.35. The zero-order valence-electron chi connectivity index (χ0n) is 16.9. The second-order valence-corrected chi connectivity index (χ2v) is 7.67. The number of anilines is 2. The number of rotatable bonds is 5. The molecule has 148 valence electrons. The van der Waals surface area contributed by atoms with Gasteiger partial charge in [-0.3, -0.25) is 14.5 Å². The topological polar surface area (TPSA) is 61.4 Å². The summed E-state index contributed by atoms with van der Waals surface area (Å²) in [5.74, 6) is -0.110. The highest BCUT2D eigenvalue weighted by Crippen LogP contribution is 2.22. The summed E-state index contributed by atoms with van der Waals surface area (Å²) in [5, 5.41) is 6.04. The third-order valence-electron chi connectivity index (χ3n) is 5.44. The van der Waals surface area contributed by atoms with Gasteiger partial charge in [0.2, 0.25) is 11.8 Å². The van der Waals surface area contributed by atoms with E-state index < -0.39 is 0 Å². The minimum atomic E-state index is -0.285. The maximum atomic E-state index is 12.8. The minimum absolute atomic E-state index is 0.0260. The molecule has 0 aliphatic carbocycles. The van der Waals surface area contributed by atoms with E-state index in [4.69, 9.17) is 0 Å². The Labute approximate surface area is 167 Å². The lowest BCUT2D eigenvalue weighted by molar-refractivity contribution is -0.125. The van der Waals surface area contributed by atoms with E-state index >= 15 is 0 Å². The largest absolute Gasteiger partial charge is 0.326 e. The van der Waals surface area contributed by atoms with Gasteiger partial charge in [-0.1, -0.05) is 30.3 Å². The Hall–Kier alpha value is -2.66. The number of nitrogens with one attached hydrogen (secondary N) is 2. The maximum absolute atomic E-state index is 12.8. The van der Waals surface area contributed by atoms with Gasteiger partial charge < -0.3 is 10.6 Å². The summed E-state index contributed by atoms with van der Waals surface area (Å²) >= 11 is 0. The first-order valence-corrected chi connectivity index (χ1v) is 9.92. The van der Waals surface area contributed by atoms with Gasteiger partial charge in [0.25, 0.3) is 0 Å². The molecule has 2 N–H and O–H groups in total. The smallest absolute Gasteiger partial charge is 0.241 e. The fraction of sp³-hybridized carbons (Fsp3) is 0.391. The molecule has 0 radical (unpaired) electrons. The summed E-state index contributed by atoms with van der Waals surface area (Å²) in [6.45, 7) is 7.35. The number of hydrogen-bond acceptors (Lipinski definition) is 3. The molecule has 0 saturated carbocycles. The van der Waals surface area contributed by atoms with Crippen LogP contribution in [0.5, 0.6) is 0 Å². The van der Waals surface area contributed by atoms with Crippen molar-refractivity contribution in [3.63, 3.8) is 0 Å². The van der Waals surface area contributed by atoms with E-state index in [0.717, 1.165) is 41.9 Å². The highest BCUT2D eigenvalue weighted by Gasteiger charge is 2.31. The van der Waals surface area contributed by atoms with Crippen molar-refractivity contribution in [2.75, 3.05) is 23.7 Å². The molecule has 1 aliphatic rings. The predicted octanol–water partition coefficient (Wildman–Crippen LogP) is 3.98. The Morgan fingerprint density at radius 2 is 1.82 bits per heavy atom. The van der Waals surface area contributed by atoms with Gasteiger partial charge >= 0.3 is 0 Å². The van der Waals surface area contributed by atoms with Crippen molar-refractivity contribution in [1.29, 1.82) is 0 Å². The van der Waals surface area contributed by atoms with Gasteiger partial charge in [0.05, 0.1) is 12.0 Å². The number of hydrogen-bond donors (Lipinski definition) is 2. The van der Waals surface area contributed by atoms with Gasteiger partial charge in [0, 0.05) is 17.9 Å². The zero-order chi connectivity index (χ0) is 20.1. The summed E-state index contributed by atoms with van der Waals surface area (Å²) in [7, 11) is 0. The van der Waals surface area contributed by atoms with E-state index in [1.165, 1.54) is 0 Å². The molecule has 0 unspecified atom stereocenters. The van der Waals surface area contributed by atoms with Gasteiger partial charge in [0.15, 0.2) is 0 Å². The molecule has 0 bridgehead atoms. The van der Waals surface area contributed by atoms with Gasteiger partial charge in [0.1, 0.15) is 0 Å². The highest BCUT2D eigenvalue weighted by molar-refractivity contribution is 5.95. The van der Waals surface area contributed by atoms with Gasteiger partial charge in [-0.25, -0.2) is 0 Å². The molecule has 1 fully saturated rings. The van der Waals surface area contributed by atoms with Crippen molar-refractivity contribution in [3.8, 4) is 0 Å². The van der Waals surface area contributed by atoms with Crippen LogP contribution in [-0.2, 0) is 9.59 Å². The van der Waals surface area contributed by atoms with Gasteiger partial charge in [-0.05, 0) is 69.5 Å². The first-order valence-electron chi connectivity index (χ1n) is 9.92. The van der Waals surface area contributed by atoms with Crippen molar-refractivity contribution in [2.24, 2.45) is 5.92 Å². The molecule has 2 aromatic rings. The Balaban J connectivity index is 1.60. The van der Waals surface area contributed by atoms with Crippen LogP contribution in [0, 0.1) is 19.8 Å². The van der Waals surface area contributed by atoms with Crippen molar-refractivity contribution >= 4 is 23.2 Å². The number of likely N-dealkylation sites (tertiary alicyclic amines) is 1. The number of carbonyl (C=O) groups is 2. The third-order valence-corrected chi connectivity index (χ3v) is 5.44. The molecule has 2 amide bonds. The second-order valence-electron chi connectivity index (χ2n) is 7.67. The van der Waals surface area contributed by atoms with E-state index in [9.17, 15) is 9.59 Å². The number of para-hydroxylation sites is 1. The highest BCUT2D eigenvalue weighted by atomic mass is 16.2. The Morgan fingerprint density at radius 3 is 2.57 bits per heavy atom. The van der Waals surface area contributed by atoms with E-state index in [0.29, 0.717) is 6.54 Å². The third kappa shape index (κ3) is 4.98. The molecule has 2 atom stereocenters. The summed E-state index contributed by atoms with van der Waals surface area (Å²) in [4.78, 5) is 27.5. The minimum Gasteiger partial charge on any atom is -0.326 e. The molecule has 5 nitrogen and oxygen atoms in total. The average Bonchev–Trinajstić information content (AvgIpc) is 2.71. The van der Waals surface area contributed by atoms with Crippen LogP contribution in [0.4, 0.5) is 11.4 Å². The monoisotopic (exact) mass is 379 g/mol. The SMILES string of the molecule is Cc1ccc(C)c(NC(=O)[C@H](C)N2CCC[C@H](C(=O)Nc3ccccc3)C2)c1. The number of carbonyl (C=O) groups excluding carboxylic acids is 2. The van der Waals surface area contributed by atoms with Crippen LogP contribution in [0.15, 0.2) is 48.5 Å².